The molecule has 7 nitrogen and oxygen atoms in total. The number of hydrogen-bond acceptors (Lipinski definition) is 6. The Labute approximate surface area is 178 Å². The van der Waals surface area contributed by atoms with Gasteiger partial charge in [-0.05, 0) is 64.0 Å². The zero-order chi connectivity index (χ0) is 20.7. The molecule has 5 rings (SSSR count). The number of aromatic nitrogens is 4. The average Bonchev–Trinajstić information content (AvgIpc) is 3.19. The minimum atomic E-state index is 0.262. The molecule has 2 aromatic heterocycles. The van der Waals surface area contributed by atoms with Crippen molar-refractivity contribution in [1.29, 1.82) is 0 Å². The predicted octanol–water partition coefficient (Wildman–Crippen LogP) is 3.31. The molecule has 0 bridgehead atoms. The summed E-state index contributed by atoms with van der Waals surface area (Å²) in [5, 5.41) is 8.62. The number of likely N-dealkylation sites (N-methyl/N-ethyl adjacent to an activating group) is 1. The Kier molecular flexibility index (Phi) is 5.16. The van der Waals surface area contributed by atoms with Gasteiger partial charge in [0.05, 0.1) is 29.0 Å². The summed E-state index contributed by atoms with van der Waals surface area (Å²) in [5.41, 5.74) is 5.79. The fraction of sp³-hybridized carbons (Fsp3) is 0.522. The first kappa shape index (κ1) is 19.5. The Morgan fingerprint density at radius 1 is 1.00 bits per heavy atom. The second-order valence-electron chi connectivity index (χ2n) is 8.81. The van der Waals surface area contributed by atoms with Gasteiger partial charge in [-0.25, -0.2) is 4.98 Å². The lowest BCUT2D eigenvalue weighted by atomic mass is 9.92. The molecule has 2 atom stereocenters. The molecule has 2 aliphatic rings. The van der Waals surface area contributed by atoms with Gasteiger partial charge in [0.2, 0.25) is 0 Å². The Balaban J connectivity index is 1.46. The summed E-state index contributed by atoms with van der Waals surface area (Å²) in [6.45, 7) is 6.42. The highest BCUT2D eigenvalue weighted by Crippen LogP contribution is 2.40. The summed E-state index contributed by atoms with van der Waals surface area (Å²) in [5.74, 6) is 1.07. The highest BCUT2D eigenvalue weighted by molar-refractivity contribution is 5.89. The third kappa shape index (κ3) is 3.46. The van der Waals surface area contributed by atoms with Gasteiger partial charge in [0.1, 0.15) is 11.3 Å². The number of nitrogens with zero attached hydrogens (tertiary/aromatic N) is 6. The number of anilines is 1. The smallest absolute Gasteiger partial charge is 0.124 e. The van der Waals surface area contributed by atoms with E-state index in [0.29, 0.717) is 0 Å². The molecular weight excluding hydrogens is 374 g/mol. The number of aryl methyl sites for hydroxylation is 1. The summed E-state index contributed by atoms with van der Waals surface area (Å²) in [6, 6.07) is 9.12. The van der Waals surface area contributed by atoms with Crippen LogP contribution in [0.1, 0.15) is 48.4 Å². The lowest BCUT2D eigenvalue weighted by Gasteiger charge is -2.38. The van der Waals surface area contributed by atoms with Crippen molar-refractivity contribution >= 4 is 16.7 Å². The number of H-pyrrole nitrogens is 1. The molecule has 0 amide bonds. The van der Waals surface area contributed by atoms with Gasteiger partial charge in [-0.15, -0.1) is 0 Å². The second-order valence-corrected chi connectivity index (χ2v) is 8.81. The van der Waals surface area contributed by atoms with Crippen molar-refractivity contribution in [2.45, 2.75) is 38.3 Å². The van der Waals surface area contributed by atoms with Crippen LogP contribution in [-0.4, -0.2) is 70.2 Å². The Morgan fingerprint density at radius 3 is 2.60 bits per heavy atom. The lowest BCUT2D eigenvalue weighted by Crippen LogP contribution is -2.44. The topological polar surface area (TPSA) is 64.2 Å². The van der Waals surface area contributed by atoms with E-state index in [1.54, 1.807) is 6.20 Å². The fourth-order valence-corrected chi connectivity index (χ4v) is 5.02. The van der Waals surface area contributed by atoms with Gasteiger partial charge < -0.3 is 14.8 Å². The predicted molar refractivity (Wildman–Crippen MR) is 120 cm³/mol. The molecular formula is C23H31N7. The van der Waals surface area contributed by atoms with Crippen molar-refractivity contribution in [3.63, 3.8) is 0 Å². The van der Waals surface area contributed by atoms with E-state index in [0.717, 1.165) is 68.0 Å². The van der Waals surface area contributed by atoms with E-state index in [9.17, 15) is 0 Å². The third-order valence-electron chi connectivity index (χ3n) is 6.88. The maximum absolute atomic E-state index is 5.14. The first-order valence-electron chi connectivity index (χ1n) is 11.0. The molecule has 1 N–H and O–H groups in total. The summed E-state index contributed by atoms with van der Waals surface area (Å²) in [6.07, 6.45) is 5.16. The molecule has 3 aromatic rings. The van der Waals surface area contributed by atoms with E-state index in [-0.39, 0.29) is 12.1 Å². The molecule has 158 valence electrons. The maximum atomic E-state index is 5.14. The van der Waals surface area contributed by atoms with Crippen molar-refractivity contribution in [2.75, 3.05) is 45.2 Å². The van der Waals surface area contributed by atoms with Gasteiger partial charge in [-0.2, -0.15) is 10.2 Å². The molecule has 2 fully saturated rings. The van der Waals surface area contributed by atoms with Crippen molar-refractivity contribution in [2.24, 2.45) is 0 Å². The normalized spacial score (nSPS) is 23.9. The Hall–Kier alpha value is -2.51. The number of para-hydroxylation sites is 1. The van der Waals surface area contributed by atoms with E-state index in [2.05, 4.69) is 75.2 Å². The van der Waals surface area contributed by atoms with Crippen LogP contribution in [0.5, 0.6) is 0 Å². The van der Waals surface area contributed by atoms with Crippen LogP contribution in [0.4, 0.5) is 5.69 Å². The fourth-order valence-electron chi connectivity index (χ4n) is 5.02. The van der Waals surface area contributed by atoms with Crippen molar-refractivity contribution in [3.8, 4) is 0 Å². The SMILES string of the molecule is Cc1ccnnc1C1CCCC(c2nc3c(N4CCN(C)CC4)cccc3[nH]2)N1C. The molecule has 2 saturated heterocycles. The standard InChI is InChI=1S/C23H31N7/c1-16-10-11-24-27-21(16)18-7-5-9-20(29(18)3)23-25-17-6-4-8-19(22(17)26-23)30-14-12-28(2)13-15-30/h4,6,8,10-11,18,20H,5,7,9,12-15H2,1-3H3,(H,25,26). The minimum Gasteiger partial charge on any atom is -0.367 e. The molecule has 2 unspecified atom stereocenters. The molecule has 0 spiro atoms. The van der Waals surface area contributed by atoms with Crippen LogP contribution in [0.2, 0.25) is 0 Å². The van der Waals surface area contributed by atoms with Gasteiger partial charge in [0.25, 0.3) is 0 Å². The number of likely N-dealkylation sites (tertiary alicyclic amines) is 1. The average molecular weight is 406 g/mol. The van der Waals surface area contributed by atoms with Gasteiger partial charge in [0, 0.05) is 32.4 Å². The summed E-state index contributed by atoms with van der Waals surface area (Å²) in [4.78, 5) is 16.1. The quantitative estimate of drug-likeness (QED) is 0.721. The monoisotopic (exact) mass is 405 g/mol. The van der Waals surface area contributed by atoms with Crippen LogP contribution in [0.3, 0.4) is 0 Å². The van der Waals surface area contributed by atoms with Gasteiger partial charge in [0.15, 0.2) is 0 Å². The highest BCUT2D eigenvalue weighted by atomic mass is 15.3. The number of rotatable bonds is 3. The molecule has 0 saturated carbocycles. The van der Waals surface area contributed by atoms with E-state index >= 15 is 0 Å². The van der Waals surface area contributed by atoms with Crippen LogP contribution >= 0.6 is 0 Å². The van der Waals surface area contributed by atoms with Crippen molar-refractivity contribution in [1.82, 2.24) is 30.0 Å². The molecule has 2 aliphatic heterocycles. The first-order valence-corrected chi connectivity index (χ1v) is 11.0. The number of piperazine rings is 1. The van der Waals surface area contributed by atoms with Gasteiger partial charge >= 0.3 is 0 Å². The summed E-state index contributed by atoms with van der Waals surface area (Å²) in [7, 11) is 4.40. The van der Waals surface area contributed by atoms with Crippen LogP contribution in [0.15, 0.2) is 30.5 Å². The van der Waals surface area contributed by atoms with Crippen LogP contribution in [0.25, 0.3) is 11.0 Å². The number of nitrogens with one attached hydrogen (secondary N) is 1. The highest BCUT2D eigenvalue weighted by Gasteiger charge is 2.33. The van der Waals surface area contributed by atoms with Crippen molar-refractivity contribution in [3.05, 3.63) is 47.5 Å². The molecule has 0 radical (unpaired) electrons. The van der Waals surface area contributed by atoms with E-state index in [1.165, 1.54) is 11.3 Å². The number of benzene rings is 1. The van der Waals surface area contributed by atoms with Crippen LogP contribution in [0, 0.1) is 6.92 Å². The van der Waals surface area contributed by atoms with E-state index in [1.807, 2.05) is 0 Å². The largest absolute Gasteiger partial charge is 0.367 e. The number of piperidine rings is 1. The Morgan fingerprint density at radius 2 is 1.80 bits per heavy atom. The lowest BCUT2D eigenvalue weighted by molar-refractivity contribution is 0.106. The third-order valence-corrected chi connectivity index (χ3v) is 6.88. The van der Waals surface area contributed by atoms with Crippen molar-refractivity contribution < 1.29 is 0 Å². The minimum absolute atomic E-state index is 0.262. The summed E-state index contributed by atoms with van der Waals surface area (Å²) >= 11 is 0. The summed E-state index contributed by atoms with van der Waals surface area (Å²) < 4.78 is 0. The number of fused-ring (bicyclic) bond motifs is 1. The molecule has 0 aliphatic carbocycles. The number of imidazole rings is 1. The molecule has 30 heavy (non-hydrogen) atoms. The zero-order valence-corrected chi connectivity index (χ0v) is 18.2. The van der Waals surface area contributed by atoms with Gasteiger partial charge in [-0.1, -0.05) is 6.07 Å². The zero-order valence-electron chi connectivity index (χ0n) is 18.2. The first-order chi connectivity index (χ1) is 14.6. The number of hydrogen-bond donors (Lipinski definition) is 1. The molecule has 7 heteroatoms. The van der Waals surface area contributed by atoms with Crippen LogP contribution in [-0.2, 0) is 0 Å². The van der Waals surface area contributed by atoms with Gasteiger partial charge in [-0.3, -0.25) is 4.90 Å². The van der Waals surface area contributed by atoms with E-state index < -0.39 is 0 Å². The molecule has 1 aromatic carbocycles. The maximum Gasteiger partial charge on any atom is 0.124 e. The number of aromatic amines is 1. The molecule has 4 heterocycles. The second kappa shape index (κ2) is 7.96. The van der Waals surface area contributed by atoms with E-state index in [4.69, 9.17) is 4.98 Å². The Bertz CT molecular complexity index is 1020. The van der Waals surface area contributed by atoms with Crippen LogP contribution < -0.4 is 4.90 Å².